The van der Waals surface area contributed by atoms with Crippen molar-refractivity contribution in [1.82, 2.24) is 4.98 Å². The fourth-order valence-electron chi connectivity index (χ4n) is 2.08. The Morgan fingerprint density at radius 1 is 1.54 bits per heavy atom. The van der Waals surface area contributed by atoms with Crippen molar-refractivity contribution in [2.24, 2.45) is 11.8 Å². The number of anilines is 1. The van der Waals surface area contributed by atoms with E-state index in [1.807, 2.05) is 0 Å². The molecule has 1 aliphatic carbocycles. The Morgan fingerprint density at radius 2 is 2.31 bits per heavy atom. The summed E-state index contributed by atoms with van der Waals surface area (Å²) in [6.07, 6.45) is 2.39. The van der Waals surface area contributed by atoms with Gasteiger partial charge in [-0.3, -0.25) is 5.43 Å². The molecular formula is C9H15N3S. The SMILES string of the molecule is CC1Cc2nc(NN)sc2C(C)C1. The minimum atomic E-state index is 0.651. The molecule has 0 saturated carbocycles. The quantitative estimate of drug-likeness (QED) is 0.535. The van der Waals surface area contributed by atoms with Crippen molar-refractivity contribution in [2.45, 2.75) is 32.6 Å². The Balaban J connectivity index is 2.35. The van der Waals surface area contributed by atoms with Gasteiger partial charge in [0.15, 0.2) is 5.13 Å². The van der Waals surface area contributed by atoms with Crippen LogP contribution in [0.15, 0.2) is 0 Å². The minimum absolute atomic E-state index is 0.651. The molecule has 1 aromatic heterocycles. The second kappa shape index (κ2) is 3.27. The molecule has 1 aromatic rings. The summed E-state index contributed by atoms with van der Waals surface area (Å²) < 4.78 is 0. The van der Waals surface area contributed by atoms with E-state index >= 15 is 0 Å². The van der Waals surface area contributed by atoms with Crippen LogP contribution in [0.2, 0.25) is 0 Å². The molecule has 2 atom stereocenters. The van der Waals surface area contributed by atoms with Crippen molar-refractivity contribution in [3.05, 3.63) is 10.6 Å². The van der Waals surface area contributed by atoms with Gasteiger partial charge in [-0.05, 0) is 24.7 Å². The van der Waals surface area contributed by atoms with Crippen LogP contribution in [-0.4, -0.2) is 4.98 Å². The van der Waals surface area contributed by atoms with Crippen LogP contribution >= 0.6 is 11.3 Å². The Bertz CT molecular complexity index is 308. The summed E-state index contributed by atoms with van der Waals surface area (Å²) in [5.74, 6) is 6.75. The molecule has 0 spiro atoms. The summed E-state index contributed by atoms with van der Waals surface area (Å²) in [4.78, 5) is 5.87. The van der Waals surface area contributed by atoms with Crippen LogP contribution in [0, 0.1) is 5.92 Å². The van der Waals surface area contributed by atoms with Gasteiger partial charge in [0.05, 0.1) is 5.69 Å². The van der Waals surface area contributed by atoms with E-state index < -0.39 is 0 Å². The third kappa shape index (κ3) is 1.56. The van der Waals surface area contributed by atoms with E-state index in [4.69, 9.17) is 5.84 Å². The summed E-state index contributed by atoms with van der Waals surface area (Å²) in [6, 6.07) is 0. The number of nitrogens with zero attached hydrogens (tertiary/aromatic N) is 1. The van der Waals surface area contributed by atoms with Crippen molar-refractivity contribution >= 4 is 16.5 Å². The number of hydrogen-bond donors (Lipinski definition) is 2. The molecule has 72 valence electrons. The molecule has 0 amide bonds. The van der Waals surface area contributed by atoms with Crippen molar-refractivity contribution in [2.75, 3.05) is 5.43 Å². The number of hydrazine groups is 1. The molecule has 2 unspecified atom stereocenters. The first-order valence-electron chi connectivity index (χ1n) is 4.67. The third-order valence-corrected chi connectivity index (χ3v) is 3.86. The van der Waals surface area contributed by atoms with Gasteiger partial charge < -0.3 is 0 Å². The van der Waals surface area contributed by atoms with E-state index in [2.05, 4.69) is 24.3 Å². The highest BCUT2D eigenvalue weighted by molar-refractivity contribution is 7.15. The molecule has 1 heterocycles. The highest BCUT2D eigenvalue weighted by atomic mass is 32.1. The average Bonchev–Trinajstić information content (AvgIpc) is 2.47. The predicted octanol–water partition coefficient (Wildman–Crippen LogP) is 2.11. The topological polar surface area (TPSA) is 50.9 Å². The Kier molecular flexibility index (Phi) is 2.26. The van der Waals surface area contributed by atoms with Gasteiger partial charge in [0.1, 0.15) is 0 Å². The summed E-state index contributed by atoms with van der Waals surface area (Å²) in [5.41, 5.74) is 3.88. The standard InChI is InChI=1S/C9H15N3S/c1-5-3-6(2)8-7(4-5)11-9(12-10)13-8/h5-6H,3-4,10H2,1-2H3,(H,11,12). The van der Waals surface area contributed by atoms with Crippen LogP contribution in [-0.2, 0) is 6.42 Å². The fourth-order valence-corrected chi connectivity index (χ4v) is 3.05. The smallest absolute Gasteiger partial charge is 0.197 e. The van der Waals surface area contributed by atoms with Crippen molar-refractivity contribution in [3.8, 4) is 0 Å². The molecule has 0 saturated heterocycles. The second-order valence-electron chi connectivity index (χ2n) is 3.92. The first-order valence-corrected chi connectivity index (χ1v) is 5.48. The third-order valence-electron chi connectivity index (χ3n) is 2.60. The van der Waals surface area contributed by atoms with Crippen LogP contribution < -0.4 is 11.3 Å². The Labute approximate surface area is 82.3 Å². The predicted molar refractivity (Wildman–Crippen MR) is 55.8 cm³/mol. The molecule has 0 fully saturated rings. The molecule has 0 bridgehead atoms. The molecule has 1 aliphatic rings. The largest absolute Gasteiger partial charge is 0.300 e. The summed E-state index contributed by atoms with van der Waals surface area (Å²) in [6.45, 7) is 4.56. The highest BCUT2D eigenvalue weighted by Crippen LogP contribution is 2.39. The van der Waals surface area contributed by atoms with Crippen LogP contribution in [0.5, 0.6) is 0 Å². The number of aromatic nitrogens is 1. The first-order chi connectivity index (χ1) is 6.20. The Morgan fingerprint density at radius 3 is 3.00 bits per heavy atom. The van der Waals surface area contributed by atoms with E-state index in [1.165, 1.54) is 17.0 Å². The van der Waals surface area contributed by atoms with Gasteiger partial charge in [-0.1, -0.05) is 13.8 Å². The number of nitrogens with one attached hydrogen (secondary N) is 1. The first kappa shape index (κ1) is 8.97. The van der Waals surface area contributed by atoms with Gasteiger partial charge in [0.25, 0.3) is 0 Å². The second-order valence-corrected chi connectivity index (χ2v) is 4.95. The van der Waals surface area contributed by atoms with Gasteiger partial charge in [-0.15, -0.1) is 11.3 Å². The van der Waals surface area contributed by atoms with Crippen LogP contribution in [0.3, 0.4) is 0 Å². The Hall–Kier alpha value is -0.610. The zero-order chi connectivity index (χ0) is 9.42. The van der Waals surface area contributed by atoms with Crippen LogP contribution in [0.1, 0.15) is 36.8 Å². The number of nitrogen functional groups attached to an aromatic ring is 1. The van der Waals surface area contributed by atoms with Gasteiger partial charge in [-0.25, -0.2) is 10.8 Å². The van der Waals surface area contributed by atoms with Crippen LogP contribution in [0.25, 0.3) is 0 Å². The molecule has 3 nitrogen and oxygen atoms in total. The van der Waals surface area contributed by atoms with Crippen molar-refractivity contribution in [1.29, 1.82) is 0 Å². The number of rotatable bonds is 1. The van der Waals surface area contributed by atoms with E-state index in [9.17, 15) is 0 Å². The zero-order valence-electron chi connectivity index (χ0n) is 8.00. The number of fused-ring (bicyclic) bond motifs is 1. The maximum absolute atomic E-state index is 5.34. The monoisotopic (exact) mass is 197 g/mol. The maximum atomic E-state index is 5.34. The van der Waals surface area contributed by atoms with E-state index in [0.717, 1.165) is 17.5 Å². The van der Waals surface area contributed by atoms with E-state index in [1.54, 1.807) is 11.3 Å². The lowest BCUT2D eigenvalue weighted by atomic mass is 9.86. The van der Waals surface area contributed by atoms with Gasteiger partial charge in [-0.2, -0.15) is 0 Å². The normalized spacial score (nSPS) is 27.0. The van der Waals surface area contributed by atoms with Gasteiger partial charge >= 0.3 is 0 Å². The molecule has 0 aromatic carbocycles. The van der Waals surface area contributed by atoms with E-state index in [0.29, 0.717) is 5.92 Å². The van der Waals surface area contributed by atoms with Crippen molar-refractivity contribution in [3.63, 3.8) is 0 Å². The number of nitrogens with two attached hydrogens (primary N) is 1. The highest BCUT2D eigenvalue weighted by Gasteiger charge is 2.25. The molecule has 13 heavy (non-hydrogen) atoms. The van der Waals surface area contributed by atoms with Gasteiger partial charge in [0, 0.05) is 4.88 Å². The van der Waals surface area contributed by atoms with Crippen LogP contribution in [0.4, 0.5) is 5.13 Å². The lowest BCUT2D eigenvalue weighted by Crippen LogP contribution is -2.13. The fraction of sp³-hybridized carbons (Fsp3) is 0.667. The summed E-state index contributed by atoms with van der Waals surface area (Å²) >= 11 is 1.70. The molecule has 0 aliphatic heterocycles. The molecule has 4 heteroatoms. The van der Waals surface area contributed by atoms with E-state index in [-0.39, 0.29) is 0 Å². The number of thiazole rings is 1. The van der Waals surface area contributed by atoms with Crippen molar-refractivity contribution < 1.29 is 0 Å². The maximum Gasteiger partial charge on any atom is 0.197 e. The summed E-state index contributed by atoms with van der Waals surface area (Å²) in [5, 5.41) is 0.853. The average molecular weight is 197 g/mol. The molecule has 3 N–H and O–H groups in total. The molecule has 0 radical (unpaired) electrons. The minimum Gasteiger partial charge on any atom is -0.300 e. The number of hydrogen-bond acceptors (Lipinski definition) is 4. The lowest BCUT2D eigenvalue weighted by molar-refractivity contribution is 0.450. The summed E-state index contributed by atoms with van der Waals surface area (Å²) in [7, 11) is 0. The lowest BCUT2D eigenvalue weighted by Gasteiger charge is -2.22. The molecular weight excluding hydrogens is 182 g/mol. The molecule has 2 rings (SSSR count). The van der Waals surface area contributed by atoms with Gasteiger partial charge in [0.2, 0.25) is 0 Å². The zero-order valence-corrected chi connectivity index (χ0v) is 8.82.